The quantitative estimate of drug-likeness (QED) is 0.609. The van der Waals surface area contributed by atoms with E-state index in [-0.39, 0.29) is 29.3 Å². The number of sulfonamides is 1. The number of nitrogens with one attached hydrogen (secondary N) is 1. The molecule has 1 aliphatic heterocycles. The first kappa shape index (κ1) is 22.0. The summed E-state index contributed by atoms with van der Waals surface area (Å²) in [5, 5.41) is 4.70. The molecule has 4 rings (SSSR count). The van der Waals surface area contributed by atoms with E-state index in [0.29, 0.717) is 25.3 Å². The van der Waals surface area contributed by atoms with Gasteiger partial charge in [0.25, 0.3) is 15.9 Å². The molecule has 166 valence electrons. The number of hydrogen-bond donors (Lipinski definition) is 1. The first-order chi connectivity index (χ1) is 14.9. The zero-order valence-corrected chi connectivity index (χ0v) is 18.7. The fourth-order valence-corrected chi connectivity index (χ4v) is 6.59. The number of benzene rings is 1. The number of carbonyl (C=O) groups excluding carboxylic acids is 2. The summed E-state index contributed by atoms with van der Waals surface area (Å²) in [4.78, 5) is 25.0. The van der Waals surface area contributed by atoms with Crippen LogP contribution in [0.25, 0.3) is 0 Å². The van der Waals surface area contributed by atoms with Crippen LogP contribution in [-0.2, 0) is 24.3 Å². The summed E-state index contributed by atoms with van der Waals surface area (Å²) in [6, 6.07) is 13.0. The summed E-state index contributed by atoms with van der Waals surface area (Å²) in [6.45, 7) is 0.100. The number of amides is 1. The van der Waals surface area contributed by atoms with E-state index in [4.69, 9.17) is 4.74 Å². The highest BCUT2D eigenvalue weighted by molar-refractivity contribution is 7.91. The van der Waals surface area contributed by atoms with Crippen LogP contribution < -0.4 is 5.32 Å². The van der Waals surface area contributed by atoms with Crippen molar-refractivity contribution in [2.75, 3.05) is 19.7 Å². The van der Waals surface area contributed by atoms with Gasteiger partial charge in [0.05, 0.1) is 12.0 Å². The molecule has 2 atom stereocenters. The van der Waals surface area contributed by atoms with Crippen LogP contribution in [0.1, 0.15) is 37.3 Å². The Morgan fingerprint density at radius 3 is 2.58 bits per heavy atom. The molecule has 2 aliphatic rings. The van der Waals surface area contributed by atoms with Crippen LogP contribution in [0, 0.1) is 11.8 Å². The Morgan fingerprint density at radius 1 is 1.13 bits per heavy atom. The number of thiophene rings is 1. The molecule has 1 aromatic heterocycles. The predicted octanol–water partition coefficient (Wildman–Crippen LogP) is 2.96. The van der Waals surface area contributed by atoms with E-state index in [1.165, 1.54) is 4.31 Å². The van der Waals surface area contributed by atoms with Crippen molar-refractivity contribution in [2.45, 2.75) is 35.9 Å². The Balaban J connectivity index is 1.30. The monoisotopic (exact) mass is 462 g/mol. The number of piperidine rings is 1. The minimum Gasteiger partial charge on any atom is -0.455 e. The highest BCUT2D eigenvalue weighted by atomic mass is 32.2. The van der Waals surface area contributed by atoms with Crippen molar-refractivity contribution in [3.63, 3.8) is 0 Å². The molecule has 31 heavy (non-hydrogen) atoms. The lowest BCUT2D eigenvalue weighted by Gasteiger charge is -2.30. The average Bonchev–Trinajstić information content (AvgIpc) is 3.47. The second-order valence-electron chi connectivity index (χ2n) is 8.04. The summed E-state index contributed by atoms with van der Waals surface area (Å²) in [5.74, 6) is -1.02. The summed E-state index contributed by atoms with van der Waals surface area (Å²) in [5.41, 5.74) is 1.05. The molecule has 2 aromatic rings. The normalized spacial score (nSPS) is 20.7. The van der Waals surface area contributed by atoms with Gasteiger partial charge >= 0.3 is 5.97 Å². The van der Waals surface area contributed by atoms with Crippen LogP contribution in [0.3, 0.4) is 0 Å². The minimum absolute atomic E-state index is 0.0755. The van der Waals surface area contributed by atoms with E-state index in [1.54, 1.807) is 17.5 Å². The van der Waals surface area contributed by atoms with Gasteiger partial charge in [0.1, 0.15) is 4.21 Å². The molecule has 0 spiro atoms. The van der Waals surface area contributed by atoms with Gasteiger partial charge in [-0.25, -0.2) is 8.42 Å². The summed E-state index contributed by atoms with van der Waals surface area (Å²) in [7, 11) is -3.60. The molecular formula is C22H26N2O5S2. The van der Waals surface area contributed by atoms with E-state index in [9.17, 15) is 18.0 Å². The van der Waals surface area contributed by atoms with E-state index in [2.05, 4.69) is 5.32 Å². The molecule has 9 heteroatoms. The SMILES string of the molecule is O=C(COC(=O)C1CCCN(S(=O)(=O)c2cccs2)C1)NC(c1ccccc1)C1CC1. The number of esters is 1. The lowest BCUT2D eigenvalue weighted by atomic mass is 10.00. The molecule has 0 radical (unpaired) electrons. The zero-order chi connectivity index (χ0) is 21.8. The molecule has 1 aliphatic carbocycles. The maximum Gasteiger partial charge on any atom is 0.310 e. The minimum atomic E-state index is -3.60. The van der Waals surface area contributed by atoms with Gasteiger partial charge < -0.3 is 10.1 Å². The lowest BCUT2D eigenvalue weighted by molar-refractivity contribution is -0.153. The molecule has 1 saturated heterocycles. The van der Waals surface area contributed by atoms with Gasteiger partial charge in [0.15, 0.2) is 6.61 Å². The number of nitrogens with zero attached hydrogens (tertiary/aromatic N) is 1. The molecule has 2 unspecified atom stereocenters. The molecule has 1 amide bonds. The van der Waals surface area contributed by atoms with E-state index < -0.39 is 21.9 Å². The fourth-order valence-electron chi connectivity index (χ4n) is 3.92. The maximum atomic E-state index is 12.7. The van der Waals surface area contributed by atoms with E-state index >= 15 is 0 Å². The van der Waals surface area contributed by atoms with Gasteiger partial charge in [-0.1, -0.05) is 36.4 Å². The smallest absolute Gasteiger partial charge is 0.310 e. The molecule has 1 saturated carbocycles. The van der Waals surface area contributed by atoms with Crippen molar-refractivity contribution in [1.82, 2.24) is 9.62 Å². The second kappa shape index (κ2) is 9.50. The Morgan fingerprint density at radius 2 is 1.90 bits per heavy atom. The number of hydrogen-bond acceptors (Lipinski definition) is 6. The molecular weight excluding hydrogens is 436 g/mol. The highest BCUT2D eigenvalue weighted by Gasteiger charge is 2.36. The second-order valence-corrected chi connectivity index (χ2v) is 11.1. The Hall–Kier alpha value is -2.23. The van der Waals surface area contributed by atoms with E-state index in [1.807, 2.05) is 30.3 Å². The maximum absolute atomic E-state index is 12.7. The molecule has 1 N–H and O–H groups in total. The van der Waals surface area contributed by atoms with Crippen LogP contribution in [0.5, 0.6) is 0 Å². The van der Waals surface area contributed by atoms with Crippen molar-refractivity contribution < 1.29 is 22.7 Å². The van der Waals surface area contributed by atoms with Crippen molar-refractivity contribution in [3.8, 4) is 0 Å². The van der Waals surface area contributed by atoms with Crippen LogP contribution >= 0.6 is 11.3 Å². The average molecular weight is 463 g/mol. The third-order valence-corrected chi connectivity index (χ3v) is 8.96. The summed E-state index contributed by atoms with van der Waals surface area (Å²) in [6.07, 6.45) is 3.26. The van der Waals surface area contributed by atoms with Crippen molar-refractivity contribution in [2.24, 2.45) is 11.8 Å². The lowest BCUT2D eigenvalue weighted by Crippen LogP contribution is -2.43. The number of carbonyl (C=O) groups is 2. The Bertz CT molecular complexity index is 1000. The van der Waals surface area contributed by atoms with Gasteiger partial charge in [-0.2, -0.15) is 4.31 Å². The Kier molecular flexibility index (Phi) is 6.74. The topological polar surface area (TPSA) is 92.8 Å². The van der Waals surface area contributed by atoms with Crippen LogP contribution in [0.15, 0.2) is 52.1 Å². The van der Waals surface area contributed by atoms with Crippen molar-refractivity contribution in [3.05, 3.63) is 53.4 Å². The molecule has 2 heterocycles. The largest absolute Gasteiger partial charge is 0.455 e. The third-order valence-electron chi connectivity index (χ3n) is 5.72. The standard InChI is InChI=1S/C22H26N2O5S2/c25-19(23-21(17-10-11-17)16-6-2-1-3-7-16)15-29-22(26)18-8-4-12-24(14-18)31(27,28)20-9-5-13-30-20/h1-3,5-7,9,13,17-18,21H,4,8,10-12,14-15H2,(H,23,25). The zero-order valence-electron chi connectivity index (χ0n) is 17.1. The molecule has 2 fully saturated rings. The Labute approximate surface area is 186 Å². The molecule has 1 aromatic carbocycles. The van der Waals surface area contributed by atoms with Crippen LogP contribution in [0.2, 0.25) is 0 Å². The van der Waals surface area contributed by atoms with Gasteiger partial charge in [-0.15, -0.1) is 11.3 Å². The summed E-state index contributed by atoms with van der Waals surface area (Å²) >= 11 is 1.16. The molecule has 0 bridgehead atoms. The first-order valence-corrected chi connectivity index (χ1v) is 12.8. The number of rotatable bonds is 8. The van der Waals surface area contributed by atoms with Crippen molar-refractivity contribution in [1.29, 1.82) is 0 Å². The predicted molar refractivity (Wildman–Crippen MR) is 117 cm³/mol. The van der Waals surface area contributed by atoms with Gasteiger partial charge in [0.2, 0.25) is 0 Å². The van der Waals surface area contributed by atoms with Gasteiger partial charge in [-0.3, -0.25) is 9.59 Å². The van der Waals surface area contributed by atoms with Crippen LogP contribution in [0.4, 0.5) is 0 Å². The van der Waals surface area contributed by atoms with Gasteiger partial charge in [0, 0.05) is 13.1 Å². The fraction of sp³-hybridized carbons (Fsp3) is 0.455. The number of ether oxygens (including phenoxy) is 1. The van der Waals surface area contributed by atoms with E-state index in [0.717, 1.165) is 29.7 Å². The third kappa shape index (κ3) is 5.34. The summed E-state index contributed by atoms with van der Waals surface area (Å²) < 4.78 is 32.3. The highest BCUT2D eigenvalue weighted by Crippen LogP contribution is 2.40. The van der Waals surface area contributed by atoms with Gasteiger partial charge in [-0.05, 0) is 48.6 Å². The van der Waals surface area contributed by atoms with Crippen molar-refractivity contribution >= 4 is 33.2 Å². The molecule has 7 nitrogen and oxygen atoms in total. The first-order valence-electron chi connectivity index (χ1n) is 10.5. The van der Waals surface area contributed by atoms with Crippen LogP contribution in [-0.4, -0.2) is 44.3 Å².